The molecule has 0 atom stereocenters. The molecule has 1 aromatic carbocycles. The Hall–Kier alpha value is -1.75. The van der Waals surface area contributed by atoms with E-state index in [0.717, 1.165) is 5.56 Å². The number of nitrogens with one attached hydrogen (secondary N) is 1. The predicted octanol–water partition coefficient (Wildman–Crippen LogP) is 0.0238. The number of hydrogen-bond donors (Lipinski definition) is 2. The molecule has 1 aliphatic heterocycles. The summed E-state index contributed by atoms with van der Waals surface area (Å²) in [7, 11) is 0. The second kappa shape index (κ2) is 4.18. The SMILES string of the molecule is O=C(CO)NCc1ccc2c(c1)OCO2. The van der Waals surface area contributed by atoms with E-state index < -0.39 is 12.5 Å². The fourth-order valence-corrected chi connectivity index (χ4v) is 1.31. The molecule has 0 spiro atoms. The Balaban J connectivity index is 2.01. The Kier molecular flexibility index (Phi) is 2.73. The molecule has 1 heterocycles. The van der Waals surface area contributed by atoms with Gasteiger partial charge in [0, 0.05) is 6.54 Å². The van der Waals surface area contributed by atoms with Crippen LogP contribution in [0.4, 0.5) is 0 Å². The van der Waals surface area contributed by atoms with E-state index in [1.165, 1.54) is 0 Å². The van der Waals surface area contributed by atoms with E-state index in [0.29, 0.717) is 18.0 Å². The lowest BCUT2D eigenvalue weighted by molar-refractivity contribution is -0.123. The van der Waals surface area contributed by atoms with Crippen LogP contribution in [0.5, 0.6) is 11.5 Å². The van der Waals surface area contributed by atoms with Gasteiger partial charge in [-0.3, -0.25) is 4.79 Å². The van der Waals surface area contributed by atoms with E-state index in [2.05, 4.69) is 5.32 Å². The van der Waals surface area contributed by atoms with Gasteiger partial charge in [0.25, 0.3) is 0 Å². The van der Waals surface area contributed by atoms with Crippen LogP contribution in [0.1, 0.15) is 5.56 Å². The first-order valence-electron chi connectivity index (χ1n) is 4.55. The molecule has 0 fully saturated rings. The van der Waals surface area contributed by atoms with Gasteiger partial charge in [-0.2, -0.15) is 0 Å². The quantitative estimate of drug-likeness (QED) is 0.736. The van der Waals surface area contributed by atoms with E-state index >= 15 is 0 Å². The van der Waals surface area contributed by atoms with Crippen LogP contribution in [-0.4, -0.2) is 24.4 Å². The molecular formula is C10H11NO4. The van der Waals surface area contributed by atoms with Crippen molar-refractivity contribution in [1.82, 2.24) is 5.32 Å². The summed E-state index contributed by atoms with van der Waals surface area (Å²) in [4.78, 5) is 10.8. The first-order valence-corrected chi connectivity index (χ1v) is 4.55. The summed E-state index contributed by atoms with van der Waals surface area (Å²) in [5.41, 5.74) is 0.904. The van der Waals surface area contributed by atoms with Crippen LogP contribution in [0.15, 0.2) is 18.2 Å². The number of hydrogen-bond acceptors (Lipinski definition) is 4. The third kappa shape index (κ3) is 2.19. The van der Waals surface area contributed by atoms with Crippen molar-refractivity contribution in [2.24, 2.45) is 0 Å². The number of fused-ring (bicyclic) bond motifs is 1. The summed E-state index contributed by atoms with van der Waals surface area (Å²) in [6.07, 6.45) is 0. The fourth-order valence-electron chi connectivity index (χ4n) is 1.31. The maximum Gasteiger partial charge on any atom is 0.245 e. The first-order chi connectivity index (χ1) is 7.29. The van der Waals surface area contributed by atoms with Gasteiger partial charge >= 0.3 is 0 Å². The molecule has 2 rings (SSSR count). The van der Waals surface area contributed by atoms with Crippen molar-refractivity contribution >= 4 is 5.91 Å². The van der Waals surface area contributed by atoms with E-state index in [1.807, 2.05) is 6.07 Å². The second-order valence-corrected chi connectivity index (χ2v) is 3.12. The number of carbonyl (C=O) groups is 1. The minimum atomic E-state index is -0.495. The molecular weight excluding hydrogens is 198 g/mol. The van der Waals surface area contributed by atoms with Gasteiger partial charge in [0.05, 0.1) is 0 Å². The van der Waals surface area contributed by atoms with Crippen molar-refractivity contribution < 1.29 is 19.4 Å². The molecule has 0 saturated carbocycles. The molecule has 2 N–H and O–H groups in total. The summed E-state index contributed by atoms with van der Waals surface area (Å²) >= 11 is 0. The van der Waals surface area contributed by atoms with Gasteiger partial charge in [0.1, 0.15) is 6.61 Å². The molecule has 0 unspecified atom stereocenters. The normalized spacial score (nSPS) is 12.6. The number of amides is 1. The Labute approximate surface area is 86.6 Å². The standard InChI is InChI=1S/C10H11NO4/c12-5-10(13)11-4-7-1-2-8-9(3-7)15-6-14-8/h1-3,12H,4-6H2,(H,11,13). The van der Waals surface area contributed by atoms with Crippen LogP contribution in [-0.2, 0) is 11.3 Å². The fraction of sp³-hybridized carbons (Fsp3) is 0.300. The van der Waals surface area contributed by atoms with Crippen molar-refractivity contribution in [2.75, 3.05) is 13.4 Å². The highest BCUT2D eigenvalue weighted by Gasteiger charge is 2.13. The molecule has 5 heteroatoms. The van der Waals surface area contributed by atoms with Gasteiger partial charge in [-0.1, -0.05) is 6.07 Å². The first kappa shape index (κ1) is 9.79. The predicted molar refractivity (Wildman–Crippen MR) is 51.5 cm³/mol. The zero-order chi connectivity index (χ0) is 10.7. The Bertz CT molecular complexity index is 378. The summed E-state index contributed by atoms with van der Waals surface area (Å²) in [6, 6.07) is 5.44. The number of ether oxygens (including phenoxy) is 2. The van der Waals surface area contributed by atoms with Gasteiger partial charge in [-0.05, 0) is 17.7 Å². The van der Waals surface area contributed by atoms with Gasteiger partial charge in [0.15, 0.2) is 11.5 Å². The van der Waals surface area contributed by atoms with Gasteiger partial charge in [0.2, 0.25) is 12.7 Å². The van der Waals surface area contributed by atoms with Crippen molar-refractivity contribution in [2.45, 2.75) is 6.54 Å². The van der Waals surface area contributed by atoms with E-state index in [-0.39, 0.29) is 6.79 Å². The summed E-state index contributed by atoms with van der Waals surface area (Å²) < 4.78 is 10.3. The summed E-state index contributed by atoms with van der Waals surface area (Å²) in [6.45, 7) is 0.113. The summed E-state index contributed by atoms with van der Waals surface area (Å²) in [5, 5.41) is 11.1. The highest BCUT2D eigenvalue weighted by atomic mass is 16.7. The van der Waals surface area contributed by atoms with Crippen molar-refractivity contribution in [3.8, 4) is 11.5 Å². The third-order valence-corrected chi connectivity index (χ3v) is 2.07. The number of aliphatic hydroxyl groups excluding tert-OH is 1. The highest BCUT2D eigenvalue weighted by Crippen LogP contribution is 2.32. The molecule has 15 heavy (non-hydrogen) atoms. The average molecular weight is 209 g/mol. The highest BCUT2D eigenvalue weighted by molar-refractivity contribution is 5.76. The monoisotopic (exact) mass is 209 g/mol. The molecule has 0 saturated heterocycles. The van der Waals surface area contributed by atoms with E-state index in [9.17, 15) is 4.79 Å². The largest absolute Gasteiger partial charge is 0.454 e. The number of benzene rings is 1. The van der Waals surface area contributed by atoms with Crippen LogP contribution < -0.4 is 14.8 Å². The second-order valence-electron chi connectivity index (χ2n) is 3.12. The van der Waals surface area contributed by atoms with Crippen molar-refractivity contribution in [1.29, 1.82) is 0 Å². The molecule has 1 amide bonds. The van der Waals surface area contributed by atoms with Crippen molar-refractivity contribution in [3.05, 3.63) is 23.8 Å². The minimum absolute atomic E-state index is 0.238. The van der Waals surface area contributed by atoms with Crippen LogP contribution >= 0.6 is 0 Å². The maximum atomic E-state index is 10.8. The zero-order valence-corrected chi connectivity index (χ0v) is 8.03. The minimum Gasteiger partial charge on any atom is -0.454 e. The molecule has 0 radical (unpaired) electrons. The van der Waals surface area contributed by atoms with Crippen molar-refractivity contribution in [3.63, 3.8) is 0 Å². The molecule has 0 bridgehead atoms. The van der Waals surface area contributed by atoms with E-state index in [1.54, 1.807) is 12.1 Å². The lowest BCUT2D eigenvalue weighted by Gasteiger charge is -2.04. The zero-order valence-electron chi connectivity index (χ0n) is 8.03. The molecule has 1 aromatic rings. The lowest BCUT2D eigenvalue weighted by Crippen LogP contribution is -2.25. The smallest absolute Gasteiger partial charge is 0.245 e. The van der Waals surface area contributed by atoms with E-state index in [4.69, 9.17) is 14.6 Å². The Morgan fingerprint density at radius 2 is 2.20 bits per heavy atom. The molecule has 0 aliphatic carbocycles. The van der Waals surface area contributed by atoms with Crippen LogP contribution in [0.3, 0.4) is 0 Å². The Morgan fingerprint density at radius 1 is 1.40 bits per heavy atom. The van der Waals surface area contributed by atoms with Gasteiger partial charge < -0.3 is 19.9 Å². The van der Waals surface area contributed by atoms with Gasteiger partial charge in [-0.15, -0.1) is 0 Å². The average Bonchev–Trinajstić information content (AvgIpc) is 2.72. The molecule has 5 nitrogen and oxygen atoms in total. The Morgan fingerprint density at radius 3 is 3.00 bits per heavy atom. The van der Waals surface area contributed by atoms with Crippen LogP contribution in [0.2, 0.25) is 0 Å². The molecule has 0 aromatic heterocycles. The molecule has 80 valence electrons. The number of aliphatic hydroxyl groups is 1. The number of carbonyl (C=O) groups excluding carboxylic acids is 1. The maximum absolute atomic E-state index is 10.8. The van der Waals surface area contributed by atoms with Crippen LogP contribution in [0.25, 0.3) is 0 Å². The lowest BCUT2D eigenvalue weighted by atomic mass is 10.2. The third-order valence-electron chi connectivity index (χ3n) is 2.07. The van der Waals surface area contributed by atoms with Crippen LogP contribution in [0, 0.1) is 0 Å². The summed E-state index contributed by atoms with van der Waals surface area (Å²) in [5.74, 6) is 1.01. The topological polar surface area (TPSA) is 67.8 Å². The number of rotatable bonds is 3. The molecule has 1 aliphatic rings. The van der Waals surface area contributed by atoms with Gasteiger partial charge in [-0.25, -0.2) is 0 Å².